The highest BCUT2D eigenvalue weighted by Crippen LogP contribution is 2.28. The summed E-state index contributed by atoms with van der Waals surface area (Å²) in [6.07, 6.45) is 1.78. The van der Waals surface area contributed by atoms with Crippen LogP contribution in [-0.4, -0.2) is 34.2 Å². The molecule has 0 saturated carbocycles. The van der Waals surface area contributed by atoms with Gasteiger partial charge in [0, 0.05) is 11.8 Å². The zero-order chi connectivity index (χ0) is 19.3. The van der Waals surface area contributed by atoms with Gasteiger partial charge in [-0.25, -0.2) is 8.42 Å². The molecule has 140 valence electrons. The molecular weight excluding hydrogens is 352 g/mol. The van der Waals surface area contributed by atoms with Gasteiger partial charge in [-0.15, -0.1) is 0 Å². The number of aryl methyl sites for hydroxylation is 2. The Morgan fingerprint density at radius 2 is 1.88 bits per heavy atom. The molecular formula is C19H24N2O4S. The number of nitrogens with one attached hydrogen (secondary N) is 1. The highest BCUT2D eigenvalue weighted by atomic mass is 32.2. The average Bonchev–Trinajstić information content (AvgIpc) is 2.59. The lowest BCUT2D eigenvalue weighted by Gasteiger charge is -2.26. The van der Waals surface area contributed by atoms with Crippen molar-refractivity contribution in [1.29, 1.82) is 0 Å². The first-order valence-electron chi connectivity index (χ1n) is 8.26. The van der Waals surface area contributed by atoms with Crippen molar-refractivity contribution in [3.05, 3.63) is 53.6 Å². The minimum absolute atomic E-state index is 0.298. The van der Waals surface area contributed by atoms with Gasteiger partial charge < -0.3 is 10.1 Å². The fourth-order valence-electron chi connectivity index (χ4n) is 2.76. The highest BCUT2D eigenvalue weighted by Gasteiger charge is 2.24. The maximum atomic E-state index is 12.5. The number of sulfonamides is 1. The van der Waals surface area contributed by atoms with Crippen LogP contribution in [0.2, 0.25) is 0 Å². The first-order chi connectivity index (χ1) is 12.3. The number of carbonyl (C=O) groups is 1. The Bertz CT molecular complexity index is 894. The summed E-state index contributed by atoms with van der Waals surface area (Å²) in [6, 6.07) is 12.5. The van der Waals surface area contributed by atoms with E-state index in [4.69, 9.17) is 4.74 Å². The maximum Gasteiger partial charge on any atom is 0.245 e. The Morgan fingerprint density at radius 3 is 2.50 bits per heavy atom. The molecule has 1 N–H and O–H groups in total. The van der Waals surface area contributed by atoms with E-state index in [1.54, 1.807) is 24.3 Å². The largest absolute Gasteiger partial charge is 0.497 e. The molecule has 6 nitrogen and oxygen atoms in total. The molecule has 0 fully saturated rings. The number of rotatable bonds is 7. The predicted octanol–water partition coefficient (Wildman–Crippen LogP) is 2.97. The van der Waals surface area contributed by atoms with Crippen molar-refractivity contribution in [2.24, 2.45) is 0 Å². The van der Waals surface area contributed by atoms with E-state index in [-0.39, 0.29) is 6.54 Å². The minimum Gasteiger partial charge on any atom is -0.497 e. The number of nitrogens with zero attached hydrogens (tertiary/aromatic N) is 1. The van der Waals surface area contributed by atoms with E-state index in [0.29, 0.717) is 23.5 Å². The molecule has 26 heavy (non-hydrogen) atoms. The number of para-hydroxylation sites is 1. The number of hydrogen-bond donors (Lipinski definition) is 1. The van der Waals surface area contributed by atoms with Crippen LogP contribution >= 0.6 is 0 Å². The van der Waals surface area contributed by atoms with E-state index in [9.17, 15) is 13.2 Å². The topological polar surface area (TPSA) is 75.7 Å². The molecule has 0 saturated heterocycles. The Balaban J connectivity index is 2.31. The van der Waals surface area contributed by atoms with Gasteiger partial charge in [-0.1, -0.05) is 31.2 Å². The molecule has 0 atom stereocenters. The van der Waals surface area contributed by atoms with Gasteiger partial charge >= 0.3 is 0 Å². The molecule has 2 rings (SSSR count). The zero-order valence-electron chi connectivity index (χ0n) is 15.4. The second-order valence-corrected chi connectivity index (χ2v) is 7.89. The molecule has 7 heteroatoms. The van der Waals surface area contributed by atoms with Gasteiger partial charge in [0.25, 0.3) is 0 Å². The third kappa shape index (κ3) is 4.76. The quantitative estimate of drug-likeness (QED) is 0.806. The van der Waals surface area contributed by atoms with Crippen molar-refractivity contribution < 1.29 is 17.9 Å². The third-order valence-electron chi connectivity index (χ3n) is 3.99. The fraction of sp³-hybridized carbons (Fsp3) is 0.316. The molecule has 0 unspecified atom stereocenters. The third-order valence-corrected chi connectivity index (χ3v) is 5.10. The summed E-state index contributed by atoms with van der Waals surface area (Å²) in [5, 5.41) is 2.72. The van der Waals surface area contributed by atoms with Crippen LogP contribution in [0.25, 0.3) is 0 Å². The van der Waals surface area contributed by atoms with Gasteiger partial charge in [0.2, 0.25) is 15.9 Å². The summed E-state index contributed by atoms with van der Waals surface area (Å²) in [5.41, 5.74) is 2.80. The molecule has 1 amide bonds. The van der Waals surface area contributed by atoms with Crippen molar-refractivity contribution in [1.82, 2.24) is 0 Å². The van der Waals surface area contributed by atoms with E-state index in [0.717, 1.165) is 21.7 Å². The van der Waals surface area contributed by atoms with E-state index in [1.165, 1.54) is 7.11 Å². The number of anilines is 2. The Kier molecular flexibility index (Phi) is 6.26. The second-order valence-electron chi connectivity index (χ2n) is 5.99. The van der Waals surface area contributed by atoms with E-state index < -0.39 is 15.9 Å². The van der Waals surface area contributed by atoms with Gasteiger partial charge in [-0.05, 0) is 36.6 Å². The van der Waals surface area contributed by atoms with Crippen LogP contribution in [0, 0.1) is 6.92 Å². The van der Waals surface area contributed by atoms with Crippen LogP contribution in [0.4, 0.5) is 11.4 Å². The van der Waals surface area contributed by atoms with Crippen LogP contribution < -0.4 is 14.4 Å². The maximum absolute atomic E-state index is 12.5. The van der Waals surface area contributed by atoms with E-state index >= 15 is 0 Å². The van der Waals surface area contributed by atoms with Crippen LogP contribution in [0.5, 0.6) is 5.75 Å². The lowest BCUT2D eigenvalue weighted by atomic mass is 10.1. The number of amides is 1. The van der Waals surface area contributed by atoms with Crippen LogP contribution in [0.15, 0.2) is 42.5 Å². The molecule has 0 aliphatic heterocycles. The van der Waals surface area contributed by atoms with Gasteiger partial charge in [-0.2, -0.15) is 0 Å². The number of benzene rings is 2. The number of carbonyl (C=O) groups excluding carboxylic acids is 1. The average molecular weight is 376 g/mol. The van der Waals surface area contributed by atoms with E-state index in [2.05, 4.69) is 5.32 Å². The molecule has 2 aromatic carbocycles. The Morgan fingerprint density at radius 1 is 1.19 bits per heavy atom. The SMILES string of the molecule is CCc1cccc(C)c1N(CC(=O)Nc1cccc(OC)c1)S(C)(=O)=O. The van der Waals surface area contributed by atoms with Gasteiger partial charge in [0.05, 0.1) is 19.1 Å². The summed E-state index contributed by atoms with van der Waals surface area (Å²) in [5.74, 6) is 0.184. The Labute approximate surface area is 154 Å². The number of hydrogen-bond acceptors (Lipinski definition) is 4. The van der Waals surface area contributed by atoms with Crippen molar-refractivity contribution in [3.8, 4) is 5.75 Å². The van der Waals surface area contributed by atoms with Crippen LogP contribution in [-0.2, 0) is 21.2 Å². The predicted molar refractivity (Wildman–Crippen MR) is 104 cm³/mol. The first kappa shape index (κ1) is 19.8. The molecule has 0 bridgehead atoms. The summed E-state index contributed by atoms with van der Waals surface area (Å²) in [7, 11) is -2.09. The van der Waals surface area contributed by atoms with Crippen molar-refractivity contribution in [2.45, 2.75) is 20.3 Å². The summed E-state index contributed by atoms with van der Waals surface area (Å²) in [4.78, 5) is 12.5. The van der Waals surface area contributed by atoms with Gasteiger partial charge in [0.15, 0.2) is 0 Å². The molecule has 0 aliphatic rings. The van der Waals surface area contributed by atoms with Crippen molar-refractivity contribution in [3.63, 3.8) is 0 Å². The molecule has 2 aromatic rings. The smallest absolute Gasteiger partial charge is 0.245 e. The summed E-state index contributed by atoms with van der Waals surface area (Å²) >= 11 is 0. The zero-order valence-corrected chi connectivity index (χ0v) is 16.3. The molecule has 0 radical (unpaired) electrons. The minimum atomic E-state index is -3.63. The normalized spacial score (nSPS) is 11.1. The highest BCUT2D eigenvalue weighted by molar-refractivity contribution is 7.92. The standard InChI is InChI=1S/C19H24N2O4S/c1-5-15-9-6-8-14(2)19(15)21(26(4,23)24)13-18(22)20-16-10-7-11-17(12-16)25-3/h6-12H,5,13H2,1-4H3,(H,20,22). The molecule has 0 aromatic heterocycles. The first-order valence-corrected chi connectivity index (χ1v) is 10.1. The van der Waals surface area contributed by atoms with Crippen molar-refractivity contribution >= 4 is 27.3 Å². The summed E-state index contributed by atoms with van der Waals surface area (Å²) in [6.45, 7) is 3.50. The van der Waals surface area contributed by atoms with Crippen LogP contribution in [0.3, 0.4) is 0 Å². The Hall–Kier alpha value is -2.54. The van der Waals surface area contributed by atoms with Crippen molar-refractivity contribution in [2.75, 3.05) is 29.5 Å². The molecule has 0 spiro atoms. The molecule has 0 heterocycles. The van der Waals surface area contributed by atoms with Crippen LogP contribution in [0.1, 0.15) is 18.1 Å². The fourth-order valence-corrected chi connectivity index (χ4v) is 3.70. The molecule has 0 aliphatic carbocycles. The van der Waals surface area contributed by atoms with Gasteiger partial charge in [-0.3, -0.25) is 9.10 Å². The van der Waals surface area contributed by atoms with Gasteiger partial charge in [0.1, 0.15) is 12.3 Å². The van der Waals surface area contributed by atoms with E-state index in [1.807, 2.05) is 32.0 Å². The summed E-state index contributed by atoms with van der Waals surface area (Å²) < 4.78 is 31.0. The number of methoxy groups -OCH3 is 1. The second kappa shape index (κ2) is 8.23. The number of ether oxygens (including phenoxy) is 1. The lowest BCUT2D eigenvalue weighted by Crippen LogP contribution is -2.38. The lowest BCUT2D eigenvalue weighted by molar-refractivity contribution is -0.114. The monoisotopic (exact) mass is 376 g/mol.